The number of benzene rings is 2. The number of carboxylic acids is 1. The van der Waals surface area contributed by atoms with Crippen LogP contribution < -0.4 is 15.0 Å². The minimum atomic E-state index is -0.967. The molecule has 0 unspecified atom stereocenters. The lowest BCUT2D eigenvalue weighted by Gasteiger charge is -2.29. The smallest absolute Gasteiger partial charge is 0.335 e. The molecule has 0 bridgehead atoms. The summed E-state index contributed by atoms with van der Waals surface area (Å²) in [5.74, 6) is -0.176. The monoisotopic (exact) mass is 498 g/mol. The maximum Gasteiger partial charge on any atom is 0.335 e. The molecule has 2 aromatic heterocycles. The number of carbonyl (C=O) groups is 1. The molecule has 0 saturated carbocycles. The summed E-state index contributed by atoms with van der Waals surface area (Å²) in [6, 6.07) is 24.1. The molecule has 1 fully saturated rings. The third kappa shape index (κ3) is 4.55. The first-order valence-electron chi connectivity index (χ1n) is 11.7. The lowest BCUT2D eigenvalue weighted by Crippen LogP contribution is -2.30. The van der Waals surface area contributed by atoms with Crippen molar-refractivity contribution in [1.82, 2.24) is 14.9 Å². The number of nitrogens with one attached hydrogen (secondary N) is 1. The van der Waals surface area contributed by atoms with Gasteiger partial charge in [-0.3, -0.25) is 4.98 Å². The van der Waals surface area contributed by atoms with Gasteiger partial charge in [-0.05, 0) is 92.8 Å². The fraction of sp³-hybridized carbons (Fsp3) is 0.179. The minimum Gasteiger partial charge on any atom is -0.491 e. The van der Waals surface area contributed by atoms with Crippen molar-refractivity contribution in [2.45, 2.75) is 32.0 Å². The van der Waals surface area contributed by atoms with Gasteiger partial charge in [0.15, 0.2) is 5.11 Å². The Morgan fingerprint density at radius 1 is 1.03 bits per heavy atom. The summed E-state index contributed by atoms with van der Waals surface area (Å²) in [4.78, 5) is 18.3. The molecule has 3 heterocycles. The van der Waals surface area contributed by atoms with Crippen LogP contribution in [0.4, 0.5) is 5.69 Å². The average molecular weight is 499 g/mol. The molecule has 1 saturated heterocycles. The first-order valence-corrected chi connectivity index (χ1v) is 12.1. The topological polar surface area (TPSA) is 79.6 Å². The molecule has 8 heteroatoms. The van der Waals surface area contributed by atoms with E-state index in [0.717, 1.165) is 28.5 Å². The predicted octanol–water partition coefficient (Wildman–Crippen LogP) is 5.53. The van der Waals surface area contributed by atoms with E-state index in [1.807, 2.05) is 85.3 Å². The summed E-state index contributed by atoms with van der Waals surface area (Å²) in [6.07, 6.45) is 3.79. The van der Waals surface area contributed by atoms with Crippen LogP contribution >= 0.6 is 12.2 Å². The average Bonchev–Trinajstić information content (AvgIpc) is 3.49. The molecule has 0 aliphatic carbocycles. The van der Waals surface area contributed by atoms with E-state index in [1.54, 1.807) is 24.4 Å². The van der Waals surface area contributed by atoms with Crippen molar-refractivity contribution < 1.29 is 14.6 Å². The Kier molecular flexibility index (Phi) is 6.43. The molecule has 36 heavy (non-hydrogen) atoms. The Balaban J connectivity index is 1.61. The van der Waals surface area contributed by atoms with Gasteiger partial charge in [0.1, 0.15) is 11.8 Å². The molecule has 7 nitrogen and oxygen atoms in total. The van der Waals surface area contributed by atoms with Crippen molar-refractivity contribution in [3.8, 4) is 11.4 Å². The van der Waals surface area contributed by atoms with Gasteiger partial charge in [0.2, 0.25) is 0 Å². The highest BCUT2D eigenvalue weighted by molar-refractivity contribution is 7.80. The SMILES string of the molecule is CC(C)Oc1ccc(N2C(=S)N[C@@H](c3ccccn3)[C@H]2c2cccn2-c2cccc(C(=O)O)c2)cc1. The maximum absolute atomic E-state index is 11.6. The van der Waals surface area contributed by atoms with E-state index in [0.29, 0.717) is 5.11 Å². The standard InChI is InChI=1S/C28H26N4O3S/c1-18(2)35-22-13-11-20(12-14-22)32-26(25(30-28(32)36)23-9-3-4-15-29-23)24-10-6-16-31(24)21-8-5-7-19(17-21)27(33)34/h3-18,25-26H,1-2H3,(H,30,36)(H,33,34)/t25-,26+/m0/s1. The summed E-state index contributed by atoms with van der Waals surface area (Å²) in [7, 11) is 0. The molecule has 182 valence electrons. The van der Waals surface area contributed by atoms with Crippen molar-refractivity contribution in [1.29, 1.82) is 0 Å². The van der Waals surface area contributed by atoms with Gasteiger partial charge in [-0.25, -0.2) is 4.79 Å². The highest BCUT2D eigenvalue weighted by atomic mass is 32.1. The van der Waals surface area contributed by atoms with E-state index in [4.69, 9.17) is 17.0 Å². The number of hydrogen-bond acceptors (Lipinski definition) is 4. The highest BCUT2D eigenvalue weighted by Gasteiger charge is 2.42. The quantitative estimate of drug-likeness (QED) is 0.324. The second-order valence-corrected chi connectivity index (χ2v) is 9.20. The van der Waals surface area contributed by atoms with E-state index in [9.17, 15) is 9.90 Å². The normalized spacial score (nSPS) is 17.3. The highest BCUT2D eigenvalue weighted by Crippen LogP contribution is 2.42. The van der Waals surface area contributed by atoms with Crippen LogP contribution in [0.15, 0.2) is 91.3 Å². The Bertz CT molecular complexity index is 1390. The zero-order valence-corrected chi connectivity index (χ0v) is 20.7. The number of nitrogens with zero attached hydrogens (tertiary/aromatic N) is 3. The molecular weight excluding hydrogens is 472 g/mol. The molecule has 1 aliphatic rings. The molecular formula is C28H26N4O3S. The molecule has 1 aliphatic heterocycles. The van der Waals surface area contributed by atoms with E-state index in [1.165, 1.54) is 0 Å². The van der Waals surface area contributed by atoms with Gasteiger partial charge in [-0.2, -0.15) is 0 Å². The molecule has 2 aromatic carbocycles. The predicted molar refractivity (Wildman–Crippen MR) is 143 cm³/mol. The number of pyridine rings is 1. The summed E-state index contributed by atoms with van der Waals surface area (Å²) in [6.45, 7) is 3.99. The number of carboxylic acid groups (broad SMARTS) is 1. The largest absolute Gasteiger partial charge is 0.491 e. The fourth-order valence-corrected chi connectivity index (χ4v) is 4.90. The van der Waals surface area contributed by atoms with E-state index >= 15 is 0 Å². The Hall–Kier alpha value is -4.17. The fourth-order valence-electron chi connectivity index (χ4n) is 4.55. The zero-order chi connectivity index (χ0) is 25.2. The van der Waals surface area contributed by atoms with Crippen molar-refractivity contribution in [3.63, 3.8) is 0 Å². The van der Waals surface area contributed by atoms with Gasteiger partial charge in [0.25, 0.3) is 0 Å². The third-order valence-corrected chi connectivity index (χ3v) is 6.35. The van der Waals surface area contributed by atoms with Gasteiger partial charge < -0.3 is 24.6 Å². The van der Waals surface area contributed by atoms with Crippen molar-refractivity contribution >= 4 is 29.0 Å². The summed E-state index contributed by atoms with van der Waals surface area (Å²) in [5.41, 5.74) is 3.71. The number of aromatic nitrogens is 2. The van der Waals surface area contributed by atoms with Crippen LogP contribution in [0.5, 0.6) is 5.75 Å². The maximum atomic E-state index is 11.6. The van der Waals surface area contributed by atoms with Crippen molar-refractivity contribution in [2.24, 2.45) is 0 Å². The van der Waals surface area contributed by atoms with Crippen LogP contribution in [0.1, 0.15) is 47.7 Å². The van der Waals surface area contributed by atoms with Crippen LogP contribution in [0.2, 0.25) is 0 Å². The molecule has 4 aromatic rings. The number of anilines is 1. The second-order valence-electron chi connectivity index (χ2n) is 8.82. The lowest BCUT2D eigenvalue weighted by molar-refractivity contribution is 0.0697. The van der Waals surface area contributed by atoms with E-state index < -0.39 is 5.97 Å². The van der Waals surface area contributed by atoms with Crippen LogP contribution in [-0.4, -0.2) is 31.8 Å². The number of ether oxygens (including phenoxy) is 1. The summed E-state index contributed by atoms with van der Waals surface area (Å²) in [5, 5.41) is 13.6. The van der Waals surface area contributed by atoms with Crippen LogP contribution in [0.3, 0.4) is 0 Å². The van der Waals surface area contributed by atoms with Crippen molar-refractivity contribution in [3.05, 3.63) is 108 Å². The first kappa shape index (κ1) is 23.6. The Labute approximate surface area is 215 Å². The summed E-state index contributed by atoms with van der Waals surface area (Å²) >= 11 is 5.84. The molecule has 5 rings (SSSR count). The number of rotatable bonds is 7. The number of thiocarbonyl (C=S) groups is 1. The lowest BCUT2D eigenvalue weighted by atomic mass is 10.0. The molecule has 0 spiro atoms. The van der Waals surface area contributed by atoms with Gasteiger partial charge in [0.05, 0.1) is 23.4 Å². The van der Waals surface area contributed by atoms with Crippen LogP contribution in [-0.2, 0) is 0 Å². The van der Waals surface area contributed by atoms with Gasteiger partial charge in [-0.1, -0.05) is 12.1 Å². The zero-order valence-electron chi connectivity index (χ0n) is 19.9. The van der Waals surface area contributed by atoms with E-state index in [2.05, 4.69) is 15.2 Å². The van der Waals surface area contributed by atoms with Crippen molar-refractivity contribution in [2.75, 3.05) is 4.90 Å². The number of aromatic carboxylic acids is 1. The molecule has 2 atom stereocenters. The Morgan fingerprint density at radius 3 is 2.53 bits per heavy atom. The minimum absolute atomic E-state index is 0.0801. The number of hydrogen-bond donors (Lipinski definition) is 2. The first-order chi connectivity index (χ1) is 17.4. The molecule has 0 amide bonds. The van der Waals surface area contributed by atoms with Gasteiger partial charge in [-0.15, -0.1) is 0 Å². The van der Waals surface area contributed by atoms with Crippen LogP contribution in [0, 0.1) is 0 Å². The Morgan fingerprint density at radius 2 is 1.83 bits per heavy atom. The van der Waals surface area contributed by atoms with E-state index in [-0.39, 0.29) is 23.8 Å². The van der Waals surface area contributed by atoms with Gasteiger partial charge in [0, 0.05) is 29.5 Å². The van der Waals surface area contributed by atoms with Gasteiger partial charge >= 0.3 is 5.97 Å². The molecule has 0 radical (unpaired) electrons. The third-order valence-electron chi connectivity index (χ3n) is 6.04. The molecule has 2 N–H and O–H groups in total. The van der Waals surface area contributed by atoms with Crippen LogP contribution in [0.25, 0.3) is 5.69 Å². The second kappa shape index (κ2) is 9.83. The summed E-state index contributed by atoms with van der Waals surface area (Å²) < 4.78 is 7.83.